The summed E-state index contributed by atoms with van der Waals surface area (Å²) in [4.78, 5) is 14.0. The molecule has 1 aromatic rings. The maximum atomic E-state index is 15.4. The first-order valence-electron chi connectivity index (χ1n) is 9.65. The summed E-state index contributed by atoms with van der Waals surface area (Å²) in [7, 11) is 0. The number of likely N-dealkylation sites (tertiary alicyclic amines) is 1. The fourth-order valence-corrected chi connectivity index (χ4v) is 5.40. The van der Waals surface area contributed by atoms with Gasteiger partial charge in [0.15, 0.2) is 0 Å². The highest BCUT2D eigenvalue weighted by Crippen LogP contribution is 2.55. The number of rotatable bonds is 4. The maximum absolute atomic E-state index is 15.4. The zero-order valence-electron chi connectivity index (χ0n) is 16.8. The van der Waals surface area contributed by atoms with Gasteiger partial charge in [-0.3, -0.25) is 4.79 Å². The molecule has 1 unspecified atom stereocenters. The molecule has 0 bridgehead atoms. The highest BCUT2D eigenvalue weighted by Gasteiger charge is 2.65. The van der Waals surface area contributed by atoms with Crippen LogP contribution >= 0.6 is 0 Å². The van der Waals surface area contributed by atoms with E-state index in [1.807, 2.05) is 27.7 Å². The normalized spacial score (nSPS) is 26.4. The summed E-state index contributed by atoms with van der Waals surface area (Å²) in [5.74, 6) is -5.35. The van der Waals surface area contributed by atoms with E-state index >= 15 is 8.78 Å². The average molecular weight is 401 g/mol. The molecular formula is C19H29F2N3O4. The summed E-state index contributed by atoms with van der Waals surface area (Å²) in [6, 6.07) is -0.778. The second-order valence-electron chi connectivity index (χ2n) is 9.81. The van der Waals surface area contributed by atoms with Crippen LogP contribution in [0, 0.1) is 10.8 Å². The van der Waals surface area contributed by atoms with E-state index in [1.165, 1.54) is 0 Å². The number of amides is 1. The monoisotopic (exact) mass is 401 g/mol. The molecule has 158 valence electrons. The van der Waals surface area contributed by atoms with E-state index in [0.29, 0.717) is 19.3 Å². The molecule has 28 heavy (non-hydrogen) atoms. The van der Waals surface area contributed by atoms with Gasteiger partial charge >= 0.3 is 5.92 Å². The van der Waals surface area contributed by atoms with Gasteiger partial charge in [0.05, 0.1) is 0 Å². The third-order valence-electron chi connectivity index (χ3n) is 5.77. The van der Waals surface area contributed by atoms with Gasteiger partial charge < -0.3 is 19.5 Å². The van der Waals surface area contributed by atoms with Crippen LogP contribution in [0.25, 0.3) is 0 Å². The smallest absolute Gasteiger partial charge is 0.352 e. The summed E-state index contributed by atoms with van der Waals surface area (Å²) >= 11 is 0. The number of aliphatic hydroxyl groups excluding tert-OH is 1. The molecule has 1 atom stereocenters. The van der Waals surface area contributed by atoms with Gasteiger partial charge in [0.25, 0.3) is 5.91 Å². The molecule has 2 N–H and O–H groups in total. The van der Waals surface area contributed by atoms with Crippen molar-refractivity contribution in [2.45, 2.75) is 84.0 Å². The molecule has 0 aromatic carbocycles. The van der Waals surface area contributed by atoms with Crippen LogP contribution in [0.2, 0.25) is 0 Å². The summed E-state index contributed by atoms with van der Waals surface area (Å²) < 4.78 is 36.1. The van der Waals surface area contributed by atoms with E-state index in [1.54, 1.807) is 0 Å². The van der Waals surface area contributed by atoms with Crippen molar-refractivity contribution in [3.05, 3.63) is 11.8 Å². The Morgan fingerprint density at radius 1 is 1.21 bits per heavy atom. The number of alkyl halides is 2. The van der Waals surface area contributed by atoms with Gasteiger partial charge in [-0.15, -0.1) is 10.2 Å². The Kier molecular flexibility index (Phi) is 5.07. The van der Waals surface area contributed by atoms with Crippen LogP contribution < -0.4 is 0 Å². The molecule has 1 aliphatic carbocycles. The standard InChI is InChI=1S/C19H29F2N3O4/c1-16(2)9-17(3,4)11-18(27,10-16)19(20,21)15(26)24-7-5-6-12(24)14-23-22-13(8-25)28-14/h12,25,27H,5-11H2,1-4H3. The maximum Gasteiger partial charge on any atom is 0.352 e. The number of halogens is 2. The molecule has 2 heterocycles. The number of carbonyl (C=O) groups excluding carboxylic acids is 1. The molecule has 9 heteroatoms. The van der Waals surface area contributed by atoms with Gasteiger partial charge in [0.1, 0.15) is 18.2 Å². The number of carbonyl (C=O) groups is 1. The van der Waals surface area contributed by atoms with Crippen molar-refractivity contribution in [1.29, 1.82) is 0 Å². The zero-order chi connectivity index (χ0) is 21.0. The van der Waals surface area contributed by atoms with Gasteiger partial charge in [-0.25, -0.2) is 0 Å². The van der Waals surface area contributed by atoms with Crippen molar-refractivity contribution in [3.8, 4) is 0 Å². The lowest BCUT2D eigenvalue weighted by Crippen LogP contribution is -2.62. The minimum atomic E-state index is -3.94. The lowest BCUT2D eigenvalue weighted by Gasteiger charge is -2.51. The zero-order valence-corrected chi connectivity index (χ0v) is 16.8. The predicted molar refractivity (Wildman–Crippen MR) is 95.2 cm³/mol. The second-order valence-corrected chi connectivity index (χ2v) is 9.81. The Balaban J connectivity index is 1.89. The highest BCUT2D eigenvalue weighted by molar-refractivity contribution is 5.85. The van der Waals surface area contributed by atoms with Crippen molar-refractivity contribution >= 4 is 5.91 Å². The van der Waals surface area contributed by atoms with Gasteiger partial charge in [-0.1, -0.05) is 27.7 Å². The lowest BCUT2D eigenvalue weighted by atomic mass is 9.58. The minimum absolute atomic E-state index is 0.0296. The quantitative estimate of drug-likeness (QED) is 0.805. The third-order valence-corrected chi connectivity index (χ3v) is 5.77. The van der Waals surface area contributed by atoms with Crippen molar-refractivity contribution in [1.82, 2.24) is 15.1 Å². The Bertz CT molecular complexity index is 731. The molecule has 1 saturated carbocycles. The number of hydrogen-bond acceptors (Lipinski definition) is 6. The summed E-state index contributed by atoms with van der Waals surface area (Å²) in [5.41, 5.74) is -3.46. The molecule has 1 aromatic heterocycles. The first-order chi connectivity index (χ1) is 12.8. The molecule has 0 spiro atoms. The predicted octanol–water partition coefficient (Wildman–Crippen LogP) is 2.83. The van der Waals surface area contributed by atoms with E-state index in [0.717, 1.165) is 4.90 Å². The van der Waals surface area contributed by atoms with E-state index in [9.17, 15) is 9.90 Å². The van der Waals surface area contributed by atoms with Gasteiger partial charge in [-0.05, 0) is 42.9 Å². The van der Waals surface area contributed by atoms with Crippen LogP contribution in [0.4, 0.5) is 8.78 Å². The van der Waals surface area contributed by atoms with Crippen molar-refractivity contribution < 1.29 is 28.2 Å². The Labute approximate surface area is 163 Å². The first kappa shape index (κ1) is 21.1. The molecule has 0 radical (unpaired) electrons. The average Bonchev–Trinajstić information content (AvgIpc) is 3.19. The summed E-state index contributed by atoms with van der Waals surface area (Å²) in [6.45, 7) is 7.02. The molecule has 1 aliphatic heterocycles. The van der Waals surface area contributed by atoms with Crippen LogP contribution in [0.15, 0.2) is 4.42 Å². The molecule has 1 amide bonds. The third kappa shape index (κ3) is 3.66. The number of aliphatic hydroxyl groups is 2. The molecule has 2 aliphatic rings. The van der Waals surface area contributed by atoms with Crippen molar-refractivity contribution in [2.75, 3.05) is 6.54 Å². The topological polar surface area (TPSA) is 99.7 Å². The van der Waals surface area contributed by atoms with Crippen LogP contribution in [0.5, 0.6) is 0 Å². The second kappa shape index (κ2) is 6.73. The van der Waals surface area contributed by atoms with Gasteiger partial charge in [-0.2, -0.15) is 8.78 Å². The first-order valence-corrected chi connectivity index (χ1v) is 9.65. The van der Waals surface area contributed by atoms with Crippen molar-refractivity contribution in [2.24, 2.45) is 10.8 Å². The molecule has 7 nitrogen and oxygen atoms in total. The minimum Gasteiger partial charge on any atom is -0.420 e. The highest BCUT2D eigenvalue weighted by atomic mass is 19.3. The molecule has 3 rings (SSSR count). The Morgan fingerprint density at radius 3 is 2.36 bits per heavy atom. The van der Waals surface area contributed by atoms with Gasteiger partial charge in [0, 0.05) is 6.54 Å². The van der Waals surface area contributed by atoms with Crippen LogP contribution in [0.1, 0.15) is 77.6 Å². The van der Waals surface area contributed by atoms with Gasteiger partial charge in [0.2, 0.25) is 11.8 Å². The Morgan fingerprint density at radius 2 is 1.82 bits per heavy atom. The van der Waals surface area contributed by atoms with E-state index < -0.39 is 40.9 Å². The Hall–Kier alpha value is -1.61. The molecular weight excluding hydrogens is 372 g/mol. The lowest BCUT2D eigenvalue weighted by molar-refractivity contribution is -0.231. The van der Waals surface area contributed by atoms with E-state index in [-0.39, 0.29) is 31.2 Å². The van der Waals surface area contributed by atoms with Crippen molar-refractivity contribution in [3.63, 3.8) is 0 Å². The van der Waals surface area contributed by atoms with E-state index in [4.69, 9.17) is 9.52 Å². The number of nitrogens with zero attached hydrogens (tertiary/aromatic N) is 3. The van der Waals surface area contributed by atoms with E-state index in [2.05, 4.69) is 10.2 Å². The van der Waals surface area contributed by atoms with Crippen LogP contribution in [0.3, 0.4) is 0 Å². The van der Waals surface area contributed by atoms with Crippen LogP contribution in [-0.2, 0) is 11.4 Å². The molecule has 1 saturated heterocycles. The number of aromatic nitrogens is 2. The fourth-order valence-electron chi connectivity index (χ4n) is 5.40. The molecule has 2 fully saturated rings. The van der Waals surface area contributed by atoms with Crippen LogP contribution in [-0.4, -0.2) is 49.3 Å². The SMILES string of the molecule is CC1(C)CC(C)(C)CC(O)(C(F)(F)C(=O)N2CCCC2c2nnc(CO)o2)C1. The largest absolute Gasteiger partial charge is 0.420 e. The summed E-state index contributed by atoms with van der Waals surface area (Å²) in [5, 5.41) is 27.5. The fraction of sp³-hybridized carbons (Fsp3) is 0.842. The number of hydrogen-bond donors (Lipinski definition) is 2. The summed E-state index contributed by atoms with van der Waals surface area (Å²) in [6.07, 6.45) is 1.29.